The Morgan fingerprint density at radius 3 is 2.46 bits per heavy atom. The van der Waals surface area contributed by atoms with Gasteiger partial charge in [0.2, 0.25) is 0 Å². The van der Waals surface area contributed by atoms with Crippen LogP contribution in [0.3, 0.4) is 0 Å². The Morgan fingerprint density at radius 2 is 1.71 bits per heavy atom. The molecule has 1 aliphatic rings. The summed E-state index contributed by atoms with van der Waals surface area (Å²) in [5, 5.41) is 4.10. The Labute approximate surface area is 207 Å². The van der Waals surface area contributed by atoms with E-state index >= 15 is 0 Å². The minimum absolute atomic E-state index is 0.175. The molecule has 0 radical (unpaired) electrons. The number of hydrogen-bond donors (Lipinski definition) is 1. The van der Waals surface area contributed by atoms with Gasteiger partial charge in [-0.05, 0) is 78.4 Å². The number of para-hydroxylation sites is 1. The monoisotopic (exact) mass is 488 g/mol. The zero-order chi connectivity index (χ0) is 24.4. The molecule has 1 amide bonds. The van der Waals surface area contributed by atoms with Crippen LogP contribution >= 0.6 is 11.6 Å². The number of ether oxygens (including phenoxy) is 2. The summed E-state index contributed by atoms with van der Waals surface area (Å²) in [6.45, 7) is 0.256. The first-order valence-corrected chi connectivity index (χ1v) is 11.4. The van der Waals surface area contributed by atoms with Crippen LogP contribution in [-0.2, 0) is 6.61 Å². The summed E-state index contributed by atoms with van der Waals surface area (Å²) in [4.78, 5) is 15.2. The zero-order valence-electron chi connectivity index (χ0n) is 18.9. The number of amides is 1. The summed E-state index contributed by atoms with van der Waals surface area (Å²) >= 11 is 5.97. The van der Waals surface area contributed by atoms with Crippen LogP contribution in [-0.4, -0.2) is 13.0 Å². The topological polar surface area (TPSA) is 50.8 Å². The van der Waals surface area contributed by atoms with Crippen LogP contribution < -0.4 is 19.7 Å². The van der Waals surface area contributed by atoms with Crippen LogP contribution in [0.15, 0.2) is 91.0 Å². The first-order valence-electron chi connectivity index (χ1n) is 11.0. The van der Waals surface area contributed by atoms with Gasteiger partial charge in [-0.15, -0.1) is 0 Å². The van der Waals surface area contributed by atoms with Crippen molar-refractivity contribution in [2.45, 2.75) is 12.8 Å². The van der Waals surface area contributed by atoms with E-state index in [0.29, 0.717) is 27.8 Å². The molecular formula is C28H22ClFN2O3. The molecule has 176 valence electrons. The van der Waals surface area contributed by atoms with Gasteiger partial charge in [-0.2, -0.15) is 0 Å². The van der Waals surface area contributed by atoms with Crippen LogP contribution in [0.2, 0.25) is 5.02 Å². The number of carbonyl (C=O) groups excluding carboxylic acids is 1. The normalized spacial score (nSPS) is 14.8. The van der Waals surface area contributed by atoms with E-state index in [4.69, 9.17) is 21.1 Å². The van der Waals surface area contributed by atoms with Crippen LogP contribution in [0.25, 0.3) is 0 Å². The van der Waals surface area contributed by atoms with Gasteiger partial charge in [0, 0.05) is 22.0 Å². The van der Waals surface area contributed by atoms with E-state index in [9.17, 15) is 9.18 Å². The number of hydrogen-bond acceptors (Lipinski definition) is 4. The van der Waals surface area contributed by atoms with Crippen molar-refractivity contribution in [2.24, 2.45) is 0 Å². The van der Waals surface area contributed by atoms with Gasteiger partial charge in [0.05, 0.1) is 12.7 Å². The average Bonchev–Trinajstić information content (AvgIpc) is 2.89. The molecule has 0 bridgehead atoms. The molecule has 5 rings (SSSR count). The van der Waals surface area contributed by atoms with Crippen molar-refractivity contribution in [3.05, 3.63) is 119 Å². The van der Waals surface area contributed by atoms with E-state index in [1.165, 1.54) is 12.1 Å². The van der Waals surface area contributed by atoms with Crippen LogP contribution in [0, 0.1) is 5.82 Å². The molecule has 4 aromatic carbocycles. The molecule has 0 spiro atoms. The number of halogens is 2. The summed E-state index contributed by atoms with van der Waals surface area (Å²) in [6, 6.07) is 26.1. The molecule has 0 fully saturated rings. The highest BCUT2D eigenvalue weighted by atomic mass is 35.5. The standard InChI is InChI=1S/C28H22ClFN2O3/c1-34-26-15-6-18(16-19(26)17-35-23-13-7-20(29)8-14-23)27-31-25-5-3-2-4-24(25)28(33)32(27)22-11-9-21(30)10-12-22/h2-16,27,31H,17H2,1H3/t27-/m1/s1. The minimum atomic E-state index is -0.525. The SMILES string of the molecule is COc1ccc([C@@H]2Nc3ccccc3C(=O)N2c2ccc(F)cc2)cc1COc1ccc(Cl)cc1. The van der Waals surface area contributed by atoms with E-state index in [1.807, 2.05) is 36.4 Å². The molecule has 1 atom stereocenters. The van der Waals surface area contributed by atoms with Gasteiger partial charge in [-0.25, -0.2) is 4.39 Å². The molecule has 1 heterocycles. The summed E-state index contributed by atoms with van der Waals surface area (Å²) in [6.07, 6.45) is -0.525. The van der Waals surface area contributed by atoms with Crippen molar-refractivity contribution in [3.8, 4) is 11.5 Å². The van der Waals surface area contributed by atoms with Crippen molar-refractivity contribution in [3.63, 3.8) is 0 Å². The van der Waals surface area contributed by atoms with Gasteiger partial charge in [0.1, 0.15) is 30.1 Å². The van der Waals surface area contributed by atoms with Gasteiger partial charge in [-0.3, -0.25) is 9.69 Å². The molecule has 0 aromatic heterocycles. The lowest BCUT2D eigenvalue weighted by atomic mass is 10.0. The summed E-state index contributed by atoms with van der Waals surface area (Å²) in [5.74, 6) is 0.799. The minimum Gasteiger partial charge on any atom is -0.496 e. The maximum absolute atomic E-state index is 13.6. The Bertz CT molecular complexity index is 1360. The molecule has 0 unspecified atom stereocenters. The second kappa shape index (κ2) is 9.68. The Kier molecular flexibility index (Phi) is 6.29. The molecule has 1 aliphatic heterocycles. The summed E-state index contributed by atoms with van der Waals surface area (Å²) in [5.41, 5.74) is 3.50. The summed E-state index contributed by atoms with van der Waals surface area (Å²) < 4.78 is 25.1. The van der Waals surface area contributed by atoms with Crippen molar-refractivity contribution < 1.29 is 18.7 Å². The van der Waals surface area contributed by atoms with Gasteiger partial charge >= 0.3 is 0 Å². The number of nitrogens with zero attached hydrogens (tertiary/aromatic N) is 1. The highest BCUT2D eigenvalue weighted by Crippen LogP contribution is 2.38. The predicted octanol–water partition coefficient (Wildman–Crippen LogP) is 6.84. The number of nitrogens with one attached hydrogen (secondary N) is 1. The van der Waals surface area contributed by atoms with Gasteiger partial charge in [-0.1, -0.05) is 29.8 Å². The molecular weight excluding hydrogens is 467 g/mol. The van der Waals surface area contributed by atoms with Crippen molar-refractivity contribution in [2.75, 3.05) is 17.3 Å². The molecule has 35 heavy (non-hydrogen) atoms. The highest BCUT2D eigenvalue weighted by molar-refractivity contribution is 6.30. The largest absolute Gasteiger partial charge is 0.496 e. The quantitative estimate of drug-likeness (QED) is 0.323. The molecule has 5 nitrogen and oxygen atoms in total. The van der Waals surface area contributed by atoms with E-state index in [1.54, 1.807) is 54.5 Å². The lowest BCUT2D eigenvalue weighted by Gasteiger charge is -2.38. The third-order valence-electron chi connectivity index (χ3n) is 5.86. The second-order valence-corrected chi connectivity index (χ2v) is 8.49. The lowest BCUT2D eigenvalue weighted by Crippen LogP contribution is -2.43. The first-order chi connectivity index (χ1) is 17.0. The van der Waals surface area contributed by atoms with E-state index < -0.39 is 6.17 Å². The fourth-order valence-electron chi connectivity index (χ4n) is 4.13. The predicted molar refractivity (Wildman–Crippen MR) is 135 cm³/mol. The number of rotatable bonds is 6. The van der Waals surface area contributed by atoms with Crippen LogP contribution in [0.5, 0.6) is 11.5 Å². The number of anilines is 2. The third kappa shape index (κ3) is 4.66. The van der Waals surface area contributed by atoms with E-state index in [0.717, 1.165) is 16.8 Å². The molecule has 7 heteroatoms. The van der Waals surface area contributed by atoms with E-state index in [2.05, 4.69) is 5.32 Å². The fraction of sp³-hybridized carbons (Fsp3) is 0.107. The highest BCUT2D eigenvalue weighted by Gasteiger charge is 2.34. The second-order valence-electron chi connectivity index (χ2n) is 8.06. The van der Waals surface area contributed by atoms with Crippen molar-refractivity contribution in [1.29, 1.82) is 0 Å². The zero-order valence-corrected chi connectivity index (χ0v) is 19.6. The summed E-state index contributed by atoms with van der Waals surface area (Å²) in [7, 11) is 1.60. The van der Waals surface area contributed by atoms with Gasteiger partial charge in [0.25, 0.3) is 5.91 Å². The van der Waals surface area contributed by atoms with Crippen LogP contribution in [0.4, 0.5) is 15.8 Å². The number of methoxy groups -OCH3 is 1. The molecule has 0 saturated heterocycles. The lowest BCUT2D eigenvalue weighted by molar-refractivity contribution is 0.0975. The molecule has 0 aliphatic carbocycles. The Balaban J connectivity index is 1.52. The van der Waals surface area contributed by atoms with Crippen molar-refractivity contribution >= 4 is 28.9 Å². The first kappa shape index (κ1) is 22.7. The maximum atomic E-state index is 13.6. The third-order valence-corrected chi connectivity index (χ3v) is 6.11. The molecule has 1 N–H and O–H groups in total. The average molecular weight is 489 g/mol. The number of benzene rings is 4. The van der Waals surface area contributed by atoms with E-state index in [-0.39, 0.29) is 18.3 Å². The Hall–Kier alpha value is -4.03. The van der Waals surface area contributed by atoms with Gasteiger partial charge in [0.15, 0.2) is 0 Å². The fourth-order valence-corrected chi connectivity index (χ4v) is 4.25. The number of carbonyl (C=O) groups is 1. The van der Waals surface area contributed by atoms with Crippen LogP contribution in [0.1, 0.15) is 27.7 Å². The van der Waals surface area contributed by atoms with Gasteiger partial charge < -0.3 is 14.8 Å². The maximum Gasteiger partial charge on any atom is 0.262 e. The van der Waals surface area contributed by atoms with Crippen molar-refractivity contribution in [1.82, 2.24) is 0 Å². The molecule has 0 saturated carbocycles. The number of fused-ring (bicyclic) bond motifs is 1. The Morgan fingerprint density at radius 1 is 0.971 bits per heavy atom. The smallest absolute Gasteiger partial charge is 0.262 e. The molecule has 4 aromatic rings.